The molecule has 0 spiro atoms. The fourth-order valence-corrected chi connectivity index (χ4v) is 4.48. The van der Waals surface area contributed by atoms with Crippen LogP contribution in [0.25, 0.3) is 0 Å². The monoisotopic (exact) mass is 457 g/mol. The first-order valence-electron chi connectivity index (χ1n) is 6.40. The van der Waals surface area contributed by atoms with E-state index < -0.39 is 7.92 Å². The van der Waals surface area contributed by atoms with Crippen molar-refractivity contribution in [3.63, 3.8) is 0 Å². The predicted octanol–water partition coefficient (Wildman–Crippen LogP) is 3.44. The van der Waals surface area contributed by atoms with Gasteiger partial charge in [0, 0.05) is 0 Å². The molecule has 0 heterocycles. The van der Waals surface area contributed by atoms with Gasteiger partial charge in [-0.05, 0) is 23.8 Å². The molecule has 0 bridgehead atoms. The Kier molecular flexibility index (Phi) is 5.71. The third-order valence-corrected chi connectivity index (χ3v) is 5.49. The fourth-order valence-electron chi connectivity index (χ4n) is 2.18. The molecule has 0 unspecified atom stereocenters. The molecule has 0 nitrogen and oxygen atoms in total. The number of hydrogen-bond acceptors (Lipinski definition) is 0. The van der Waals surface area contributed by atoms with E-state index in [1.54, 1.807) is 0 Å². The molecule has 3 aromatic carbocycles. The zero-order valence-corrected chi connectivity index (χ0v) is 14.1. The molecule has 3 aromatic rings. The summed E-state index contributed by atoms with van der Waals surface area (Å²) >= 11 is 0. The summed E-state index contributed by atoms with van der Waals surface area (Å²) in [6.45, 7) is 0. The minimum Gasteiger partial charge on any atom is -0.0622 e. The smallest absolute Gasteiger partial charge is 0.0622 e. The second-order valence-electron chi connectivity index (χ2n) is 4.34. The molecule has 0 fully saturated rings. The molecule has 0 aromatic heterocycles. The van der Waals surface area contributed by atoms with Crippen molar-refractivity contribution < 1.29 is 21.1 Å². The Bertz CT molecular complexity index is 529. The zero-order valence-electron chi connectivity index (χ0n) is 10.9. The first kappa shape index (κ1) is 15.2. The van der Waals surface area contributed by atoms with E-state index in [1.165, 1.54) is 15.9 Å². The van der Waals surface area contributed by atoms with Crippen molar-refractivity contribution in [1.82, 2.24) is 0 Å². The van der Waals surface area contributed by atoms with Crippen LogP contribution in [0.2, 0.25) is 0 Å². The van der Waals surface area contributed by atoms with Gasteiger partial charge in [0.1, 0.15) is 0 Å². The molecular weight excluding hydrogens is 442 g/mol. The van der Waals surface area contributed by atoms with Gasteiger partial charge in [-0.15, -0.1) is 0 Å². The summed E-state index contributed by atoms with van der Waals surface area (Å²) < 4.78 is 0. The Morgan fingerprint density at radius 2 is 0.650 bits per heavy atom. The SMILES string of the molecule is [Pt+2].c1ccc(P(c2ccccc2)c2ccccc2)cc1. The quantitative estimate of drug-likeness (QED) is 0.529. The second-order valence-corrected chi connectivity index (χ2v) is 6.56. The van der Waals surface area contributed by atoms with Gasteiger partial charge in [-0.1, -0.05) is 91.0 Å². The summed E-state index contributed by atoms with van der Waals surface area (Å²) in [6, 6.07) is 32.3. The molecule has 0 saturated carbocycles. The van der Waals surface area contributed by atoms with Crippen molar-refractivity contribution in [3.8, 4) is 0 Å². The summed E-state index contributed by atoms with van der Waals surface area (Å²) in [5, 5.41) is 4.19. The molecule has 20 heavy (non-hydrogen) atoms. The van der Waals surface area contributed by atoms with Crippen LogP contribution >= 0.6 is 7.92 Å². The van der Waals surface area contributed by atoms with E-state index in [9.17, 15) is 0 Å². The largest absolute Gasteiger partial charge is 2.00 e. The molecule has 0 atom stereocenters. The Hall–Kier alpha value is -1.22. The van der Waals surface area contributed by atoms with E-state index in [0.717, 1.165) is 0 Å². The Morgan fingerprint density at radius 3 is 0.900 bits per heavy atom. The normalized spacial score (nSPS) is 10.1. The molecule has 0 radical (unpaired) electrons. The van der Waals surface area contributed by atoms with E-state index in [4.69, 9.17) is 0 Å². The third kappa shape index (κ3) is 3.45. The minimum atomic E-state index is -0.446. The van der Waals surface area contributed by atoms with Crippen LogP contribution < -0.4 is 15.9 Å². The van der Waals surface area contributed by atoms with Crippen molar-refractivity contribution in [3.05, 3.63) is 91.0 Å². The van der Waals surface area contributed by atoms with Gasteiger partial charge < -0.3 is 0 Å². The molecular formula is C18H15PPt+2. The minimum absolute atomic E-state index is 0. The first-order valence-corrected chi connectivity index (χ1v) is 7.74. The molecule has 0 amide bonds. The summed E-state index contributed by atoms with van der Waals surface area (Å²) in [4.78, 5) is 0. The maximum absolute atomic E-state index is 2.23. The first-order chi connectivity index (χ1) is 9.45. The number of benzene rings is 3. The van der Waals surface area contributed by atoms with E-state index in [-0.39, 0.29) is 21.1 Å². The van der Waals surface area contributed by atoms with E-state index in [0.29, 0.717) is 0 Å². The average molecular weight is 457 g/mol. The van der Waals surface area contributed by atoms with Gasteiger partial charge in [-0.3, -0.25) is 0 Å². The molecule has 3 rings (SSSR count). The molecule has 0 N–H and O–H groups in total. The number of rotatable bonds is 3. The summed E-state index contributed by atoms with van der Waals surface area (Å²) in [5.74, 6) is 0. The molecule has 0 saturated heterocycles. The molecule has 0 aliphatic rings. The second kappa shape index (κ2) is 7.53. The molecule has 100 valence electrons. The standard InChI is InChI=1S/C18H15P.Pt/c1-4-10-16(11-5-1)19(17-12-6-2-7-13-17)18-14-8-3-9-15-18;/h1-15H;/q;+2. The topological polar surface area (TPSA) is 0 Å². The third-order valence-electron chi connectivity index (χ3n) is 3.04. The zero-order chi connectivity index (χ0) is 12.9. The predicted molar refractivity (Wildman–Crippen MR) is 85.1 cm³/mol. The van der Waals surface area contributed by atoms with Crippen LogP contribution in [0, 0.1) is 0 Å². The van der Waals surface area contributed by atoms with Gasteiger partial charge in [-0.25, -0.2) is 0 Å². The van der Waals surface area contributed by atoms with Crippen LogP contribution in [-0.4, -0.2) is 0 Å². The molecule has 0 aliphatic heterocycles. The van der Waals surface area contributed by atoms with Crippen LogP contribution in [0.15, 0.2) is 91.0 Å². The van der Waals surface area contributed by atoms with Gasteiger partial charge in [0.25, 0.3) is 0 Å². The Labute approximate surface area is 135 Å². The van der Waals surface area contributed by atoms with Crippen molar-refractivity contribution in [2.45, 2.75) is 0 Å². The summed E-state index contributed by atoms with van der Waals surface area (Å²) in [7, 11) is -0.446. The van der Waals surface area contributed by atoms with Gasteiger partial charge in [0.2, 0.25) is 0 Å². The van der Waals surface area contributed by atoms with Gasteiger partial charge >= 0.3 is 21.1 Å². The maximum atomic E-state index is 2.23. The van der Waals surface area contributed by atoms with Gasteiger partial charge in [-0.2, -0.15) is 0 Å². The van der Waals surface area contributed by atoms with E-state index in [1.807, 2.05) is 0 Å². The Balaban J connectivity index is 0.00000147. The van der Waals surface area contributed by atoms with Gasteiger partial charge in [0.05, 0.1) is 0 Å². The van der Waals surface area contributed by atoms with Crippen LogP contribution in [0.4, 0.5) is 0 Å². The van der Waals surface area contributed by atoms with Crippen molar-refractivity contribution in [2.75, 3.05) is 0 Å². The van der Waals surface area contributed by atoms with Crippen LogP contribution in [0.3, 0.4) is 0 Å². The maximum Gasteiger partial charge on any atom is 2.00 e. The average Bonchev–Trinajstić information content (AvgIpc) is 2.51. The van der Waals surface area contributed by atoms with Crippen LogP contribution in [-0.2, 0) is 21.1 Å². The fraction of sp³-hybridized carbons (Fsp3) is 0. The van der Waals surface area contributed by atoms with Crippen LogP contribution in [0.1, 0.15) is 0 Å². The summed E-state index contributed by atoms with van der Waals surface area (Å²) in [5.41, 5.74) is 0. The van der Waals surface area contributed by atoms with Crippen molar-refractivity contribution in [1.29, 1.82) is 0 Å². The number of hydrogen-bond donors (Lipinski definition) is 0. The Morgan fingerprint density at radius 1 is 0.400 bits per heavy atom. The van der Waals surface area contributed by atoms with Crippen LogP contribution in [0.5, 0.6) is 0 Å². The van der Waals surface area contributed by atoms with Gasteiger partial charge in [0.15, 0.2) is 0 Å². The van der Waals surface area contributed by atoms with Crippen molar-refractivity contribution in [2.24, 2.45) is 0 Å². The molecule has 2 heteroatoms. The van der Waals surface area contributed by atoms with Crippen molar-refractivity contribution >= 4 is 23.8 Å². The summed E-state index contributed by atoms with van der Waals surface area (Å²) in [6.07, 6.45) is 0. The molecule has 0 aliphatic carbocycles. The van der Waals surface area contributed by atoms with E-state index in [2.05, 4.69) is 91.0 Å². The van der Waals surface area contributed by atoms with E-state index >= 15 is 0 Å².